The van der Waals surface area contributed by atoms with Crippen LogP contribution >= 0.6 is 11.3 Å². The second-order valence-corrected chi connectivity index (χ2v) is 13.9. The van der Waals surface area contributed by atoms with E-state index >= 15 is 0 Å². The Bertz CT molecular complexity index is 1280. The maximum atomic E-state index is 14.0. The Morgan fingerprint density at radius 1 is 1.10 bits per heavy atom. The third kappa shape index (κ3) is 8.16. The number of rotatable bonds is 9. The van der Waals surface area contributed by atoms with Gasteiger partial charge in [-0.15, -0.1) is 11.3 Å². The standard InChI is InChI=1S/C31H45N5O5S/c1-18(20-9-11-21(12-10-20)25-19(2)33-17-42-25)34-27(38)23-15-22(41-24(37)13-14-32)16-36(23)28(39)26(30(3,4)5)35-29(40)31(6,7)8/h9-12,17-18,22-23,26H,13-16,32H2,1-8H3,(H,34,38)(H,35,40). The first kappa shape index (κ1) is 33.2. The van der Waals surface area contributed by atoms with Gasteiger partial charge in [0.25, 0.3) is 0 Å². The molecule has 1 saturated heterocycles. The molecule has 11 heteroatoms. The molecule has 42 heavy (non-hydrogen) atoms. The van der Waals surface area contributed by atoms with Crippen molar-refractivity contribution in [2.75, 3.05) is 13.1 Å². The van der Waals surface area contributed by atoms with Gasteiger partial charge in [0.05, 0.1) is 35.1 Å². The van der Waals surface area contributed by atoms with E-state index in [-0.39, 0.29) is 43.8 Å². The maximum absolute atomic E-state index is 14.0. The minimum Gasteiger partial charge on any atom is -0.460 e. The van der Waals surface area contributed by atoms with Crippen LogP contribution in [0.2, 0.25) is 0 Å². The van der Waals surface area contributed by atoms with Crippen LogP contribution in [0.5, 0.6) is 0 Å². The van der Waals surface area contributed by atoms with E-state index in [1.807, 2.05) is 64.4 Å². The van der Waals surface area contributed by atoms with Gasteiger partial charge in [-0.3, -0.25) is 19.2 Å². The number of hydrogen-bond acceptors (Lipinski definition) is 8. The Hall–Kier alpha value is -3.31. The minimum atomic E-state index is -0.891. The van der Waals surface area contributed by atoms with Crippen molar-refractivity contribution < 1.29 is 23.9 Å². The third-order valence-corrected chi connectivity index (χ3v) is 8.32. The first-order chi connectivity index (χ1) is 19.5. The van der Waals surface area contributed by atoms with E-state index in [2.05, 4.69) is 15.6 Å². The van der Waals surface area contributed by atoms with Crippen LogP contribution in [0.3, 0.4) is 0 Å². The molecule has 3 amide bonds. The summed E-state index contributed by atoms with van der Waals surface area (Å²) in [4.78, 5) is 59.7. The fourth-order valence-corrected chi connectivity index (χ4v) is 5.61. The van der Waals surface area contributed by atoms with E-state index in [0.717, 1.165) is 21.7 Å². The molecule has 1 aromatic heterocycles. The lowest BCUT2D eigenvalue weighted by Gasteiger charge is -2.36. The molecule has 10 nitrogen and oxygen atoms in total. The average Bonchev–Trinajstić information content (AvgIpc) is 3.51. The number of carbonyl (C=O) groups is 4. The number of nitrogens with two attached hydrogens (primary N) is 1. The molecule has 0 spiro atoms. The third-order valence-electron chi connectivity index (χ3n) is 7.34. The highest BCUT2D eigenvalue weighted by atomic mass is 32.1. The number of nitrogens with one attached hydrogen (secondary N) is 2. The summed E-state index contributed by atoms with van der Waals surface area (Å²) in [6, 6.07) is 5.82. The SMILES string of the molecule is Cc1ncsc1-c1ccc(C(C)NC(=O)C2CC(OC(=O)CCN)CN2C(=O)C(NC(=O)C(C)(C)C)C(C)(C)C)cc1. The van der Waals surface area contributed by atoms with E-state index in [4.69, 9.17) is 10.5 Å². The molecule has 4 unspecified atom stereocenters. The van der Waals surface area contributed by atoms with Gasteiger partial charge in [0.15, 0.2) is 0 Å². The summed E-state index contributed by atoms with van der Waals surface area (Å²) in [6.45, 7) is 15.0. The Kier molecular flexibility index (Phi) is 10.5. The number of amides is 3. The summed E-state index contributed by atoms with van der Waals surface area (Å²) < 4.78 is 5.58. The lowest BCUT2D eigenvalue weighted by molar-refractivity contribution is -0.149. The fourth-order valence-electron chi connectivity index (χ4n) is 4.79. The molecule has 2 heterocycles. The van der Waals surface area contributed by atoms with Gasteiger partial charge in [0.2, 0.25) is 17.7 Å². The van der Waals surface area contributed by atoms with Gasteiger partial charge in [0.1, 0.15) is 18.2 Å². The van der Waals surface area contributed by atoms with Crippen LogP contribution < -0.4 is 16.4 Å². The van der Waals surface area contributed by atoms with Crippen molar-refractivity contribution in [1.29, 1.82) is 0 Å². The van der Waals surface area contributed by atoms with Crippen LogP contribution in [0, 0.1) is 17.8 Å². The zero-order valence-electron chi connectivity index (χ0n) is 25.9. The largest absolute Gasteiger partial charge is 0.460 e. The van der Waals surface area contributed by atoms with E-state index in [1.165, 1.54) is 4.90 Å². The number of ether oxygens (including phenoxy) is 1. The molecule has 0 bridgehead atoms. The number of hydrogen-bond donors (Lipinski definition) is 3. The normalized spacial score (nSPS) is 18.7. The molecule has 4 N–H and O–H groups in total. The summed E-state index contributed by atoms with van der Waals surface area (Å²) in [5.41, 5.74) is 8.89. The molecular weight excluding hydrogens is 554 g/mol. The van der Waals surface area contributed by atoms with Crippen molar-refractivity contribution in [2.45, 2.75) is 92.5 Å². The predicted molar refractivity (Wildman–Crippen MR) is 163 cm³/mol. The summed E-state index contributed by atoms with van der Waals surface area (Å²) in [7, 11) is 0. The number of esters is 1. The van der Waals surface area contributed by atoms with Crippen molar-refractivity contribution in [1.82, 2.24) is 20.5 Å². The van der Waals surface area contributed by atoms with Crippen LogP contribution in [-0.4, -0.2) is 64.9 Å². The highest BCUT2D eigenvalue weighted by Gasteiger charge is 2.46. The molecule has 0 saturated carbocycles. The highest BCUT2D eigenvalue weighted by Crippen LogP contribution is 2.30. The topological polar surface area (TPSA) is 144 Å². The minimum absolute atomic E-state index is 0.0433. The Labute approximate surface area is 252 Å². The van der Waals surface area contributed by atoms with Crippen molar-refractivity contribution >= 4 is 35.0 Å². The molecule has 1 aliphatic rings. The summed E-state index contributed by atoms with van der Waals surface area (Å²) in [5, 5.41) is 5.95. The van der Waals surface area contributed by atoms with Crippen LogP contribution in [0.4, 0.5) is 0 Å². The van der Waals surface area contributed by atoms with Gasteiger partial charge in [-0.25, -0.2) is 4.98 Å². The first-order valence-corrected chi connectivity index (χ1v) is 15.2. The summed E-state index contributed by atoms with van der Waals surface area (Å²) >= 11 is 1.58. The smallest absolute Gasteiger partial charge is 0.307 e. The van der Waals surface area contributed by atoms with Crippen LogP contribution in [-0.2, 0) is 23.9 Å². The predicted octanol–water partition coefficient (Wildman–Crippen LogP) is 3.73. The second kappa shape index (κ2) is 13.3. The Balaban J connectivity index is 1.83. The average molecular weight is 600 g/mol. The van der Waals surface area contributed by atoms with Gasteiger partial charge in [-0.1, -0.05) is 65.8 Å². The zero-order chi connectivity index (χ0) is 31.4. The molecule has 1 aliphatic heterocycles. The molecule has 1 fully saturated rings. The van der Waals surface area contributed by atoms with Crippen molar-refractivity contribution in [2.24, 2.45) is 16.6 Å². The van der Waals surface area contributed by atoms with Crippen molar-refractivity contribution in [3.63, 3.8) is 0 Å². The molecule has 0 aliphatic carbocycles. The molecular formula is C31H45N5O5S. The van der Waals surface area contributed by atoms with Gasteiger partial charge in [-0.2, -0.15) is 0 Å². The highest BCUT2D eigenvalue weighted by molar-refractivity contribution is 7.13. The van der Waals surface area contributed by atoms with Gasteiger partial charge >= 0.3 is 5.97 Å². The number of likely N-dealkylation sites (tertiary alicyclic amines) is 1. The number of carbonyl (C=O) groups excluding carboxylic acids is 4. The van der Waals surface area contributed by atoms with E-state index in [9.17, 15) is 19.2 Å². The fraction of sp³-hybridized carbons (Fsp3) is 0.581. The Morgan fingerprint density at radius 2 is 1.74 bits per heavy atom. The maximum Gasteiger partial charge on any atom is 0.307 e. The number of thiazole rings is 1. The van der Waals surface area contributed by atoms with E-state index < -0.39 is 40.9 Å². The van der Waals surface area contributed by atoms with E-state index in [0.29, 0.717) is 0 Å². The molecule has 2 aromatic rings. The summed E-state index contributed by atoms with van der Waals surface area (Å²) in [5.74, 6) is -1.50. The quantitative estimate of drug-likeness (QED) is 0.373. The van der Waals surface area contributed by atoms with Crippen LogP contribution in [0.25, 0.3) is 10.4 Å². The Morgan fingerprint density at radius 3 is 2.26 bits per heavy atom. The van der Waals surface area contributed by atoms with Gasteiger partial charge in [0, 0.05) is 18.4 Å². The monoisotopic (exact) mass is 599 g/mol. The molecule has 230 valence electrons. The van der Waals surface area contributed by atoms with Crippen molar-refractivity contribution in [3.8, 4) is 10.4 Å². The van der Waals surface area contributed by atoms with Crippen molar-refractivity contribution in [3.05, 3.63) is 41.0 Å². The molecule has 3 rings (SSSR count). The van der Waals surface area contributed by atoms with E-state index in [1.54, 1.807) is 32.1 Å². The first-order valence-electron chi connectivity index (χ1n) is 14.3. The zero-order valence-corrected chi connectivity index (χ0v) is 26.8. The van der Waals surface area contributed by atoms with Gasteiger partial charge < -0.3 is 26.0 Å². The number of nitrogens with zero attached hydrogens (tertiary/aromatic N) is 2. The van der Waals surface area contributed by atoms with Gasteiger partial charge in [-0.05, 0) is 30.4 Å². The molecule has 0 radical (unpaired) electrons. The van der Waals surface area contributed by atoms with Crippen LogP contribution in [0.1, 0.15) is 78.6 Å². The number of aromatic nitrogens is 1. The molecule has 1 aromatic carbocycles. The van der Waals surface area contributed by atoms with Crippen LogP contribution in [0.15, 0.2) is 29.8 Å². The number of aryl methyl sites for hydroxylation is 1. The second-order valence-electron chi connectivity index (χ2n) is 13.0. The lowest BCUT2D eigenvalue weighted by Crippen LogP contribution is -2.59. The molecule has 4 atom stereocenters. The summed E-state index contributed by atoms with van der Waals surface area (Å²) in [6.07, 6.45) is -0.476. The number of benzene rings is 1. The lowest BCUT2D eigenvalue weighted by atomic mass is 9.84.